The number of carbonyl (C=O) groups is 2. The molecule has 2 amide bonds. The number of nitrogens with one attached hydrogen (secondary N) is 2. The van der Waals surface area contributed by atoms with Crippen molar-refractivity contribution in [2.24, 2.45) is 0 Å². The fraction of sp³-hybridized carbons (Fsp3) is 0.143. The van der Waals surface area contributed by atoms with Gasteiger partial charge in [0.1, 0.15) is 0 Å². The second kappa shape index (κ2) is 5.67. The third kappa shape index (κ3) is 3.66. The van der Waals surface area contributed by atoms with Gasteiger partial charge in [-0.05, 0) is 48.2 Å². The van der Waals surface area contributed by atoms with E-state index in [1.165, 1.54) is 18.3 Å². The maximum atomic E-state index is 11.9. The van der Waals surface area contributed by atoms with Gasteiger partial charge in [0, 0.05) is 18.3 Å². The summed E-state index contributed by atoms with van der Waals surface area (Å²) in [6, 6.07) is 8.85. The predicted molar refractivity (Wildman–Crippen MR) is 77.8 cm³/mol. The van der Waals surface area contributed by atoms with Crippen LogP contribution in [0.25, 0.3) is 0 Å². The van der Waals surface area contributed by atoms with Crippen LogP contribution in [0.5, 0.6) is 0 Å². The molecule has 0 aliphatic carbocycles. The molecular formula is C14H14N2O2S. The zero-order valence-corrected chi connectivity index (χ0v) is 11.5. The Morgan fingerprint density at radius 1 is 1.05 bits per heavy atom. The van der Waals surface area contributed by atoms with Crippen molar-refractivity contribution in [2.45, 2.75) is 13.8 Å². The number of carbonyl (C=O) groups excluding carboxylic acids is 2. The van der Waals surface area contributed by atoms with Gasteiger partial charge in [0.2, 0.25) is 5.91 Å². The van der Waals surface area contributed by atoms with E-state index in [2.05, 4.69) is 10.6 Å². The first-order valence-corrected chi connectivity index (χ1v) is 6.67. The van der Waals surface area contributed by atoms with Crippen molar-refractivity contribution in [3.63, 3.8) is 0 Å². The maximum absolute atomic E-state index is 11.9. The van der Waals surface area contributed by atoms with Crippen LogP contribution in [-0.2, 0) is 4.79 Å². The molecule has 0 spiro atoms. The van der Waals surface area contributed by atoms with E-state index in [0.29, 0.717) is 16.3 Å². The smallest absolute Gasteiger partial charge is 0.265 e. The Balaban J connectivity index is 2.03. The molecule has 0 radical (unpaired) electrons. The van der Waals surface area contributed by atoms with Crippen LogP contribution in [0.3, 0.4) is 0 Å². The van der Waals surface area contributed by atoms with E-state index in [1.807, 2.05) is 18.4 Å². The highest BCUT2D eigenvalue weighted by atomic mass is 32.1. The van der Waals surface area contributed by atoms with Gasteiger partial charge in [-0.3, -0.25) is 9.59 Å². The molecule has 19 heavy (non-hydrogen) atoms. The van der Waals surface area contributed by atoms with Gasteiger partial charge in [-0.1, -0.05) is 0 Å². The molecule has 2 N–H and O–H groups in total. The molecule has 98 valence electrons. The summed E-state index contributed by atoms with van der Waals surface area (Å²) >= 11 is 1.42. The molecule has 1 aromatic heterocycles. The first-order chi connectivity index (χ1) is 9.04. The summed E-state index contributed by atoms with van der Waals surface area (Å²) in [7, 11) is 0. The Bertz CT molecular complexity index is 602. The molecule has 1 aromatic carbocycles. The molecule has 0 aliphatic rings. The fourth-order valence-corrected chi connectivity index (χ4v) is 2.38. The number of aryl methyl sites for hydroxylation is 1. The van der Waals surface area contributed by atoms with E-state index in [1.54, 1.807) is 24.3 Å². The molecule has 0 saturated heterocycles. The highest BCUT2D eigenvalue weighted by Gasteiger charge is 2.08. The van der Waals surface area contributed by atoms with Gasteiger partial charge in [0.05, 0.1) is 4.88 Å². The largest absolute Gasteiger partial charge is 0.326 e. The van der Waals surface area contributed by atoms with Crippen molar-refractivity contribution in [3.05, 3.63) is 46.2 Å². The van der Waals surface area contributed by atoms with Crippen LogP contribution in [0.2, 0.25) is 0 Å². The number of thiophene rings is 1. The monoisotopic (exact) mass is 274 g/mol. The van der Waals surface area contributed by atoms with Gasteiger partial charge < -0.3 is 10.6 Å². The fourth-order valence-electron chi connectivity index (χ4n) is 1.58. The summed E-state index contributed by atoms with van der Waals surface area (Å²) in [6.45, 7) is 3.41. The number of benzene rings is 1. The Morgan fingerprint density at radius 3 is 2.11 bits per heavy atom. The summed E-state index contributed by atoms with van der Waals surface area (Å²) < 4.78 is 0. The molecule has 2 rings (SSSR count). The molecule has 0 saturated carbocycles. The number of anilines is 2. The molecule has 0 fully saturated rings. The average Bonchev–Trinajstić information content (AvgIpc) is 2.78. The molecule has 0 unspecified atom stereocenters. The lowest BCUT2D eigenvalue weighted by Gasteiger charge is -2.05. The zero-order chi connectivity index (χ0) is 13.8. The molecule has 0 bridgehead atoms. The van der Waals surface area contributed by atoms with Crippen molar-refractivity contribution in [3.8, 4) is 0 Å². The summed E-state index contributed by atoms with van der Waals surface area (Å²) in [4.78, 5) is 23.5. The van der Waals surface area contributed by atoms with E-state index in [4.69, 9.17) is 0 Å². The number of hydrogen-bond acceptors (Lipinski definition) is 3. The van der Waals surface area contributed by atoms with Crippen LogP contribution in [0.15, 0.2) is 35.7 Å². The van der Waals surface area contributed by atoms with Crippen molar-refractivity contribution in [1.82, 2.24) is 0 Å². The lowest BCUT2D eigenvalue weighted by molar-refractivity contribution is -0.114. The third-order valence-electron chi connectivity index (χ3n) is 2.42. The highest BCUT2D eigenvalue weighted by Crippen LogP contribution is 2.18. The molecule has 4 nitrogen and oxygen atoms in total. The number of rotatable bonds is 3. The second-order valence-corrected chi connectivity index (χ2v) is 5.11. The van der Waals surface area contributed by atoms with Gasteiger partial charge in [-0.2, -0.15) is 0 Å². The minimum Gasteiger partial charge on any atom is -0.326 e. The van der Waals surface area contributed by atoms with E-state index < -0.39 is 0 Å². The normalized spacial score (nSPS) is 10.0. The summed E-state index contributed by atoms with van der Waals surface area (Å²) in [6.07, 6.45) is 0. The molecule has 0 atom stereocenters. The van der Waals surface area contributed by atoms with E-state index >= 15 is 0 Å². The minimum absolute atomic E-state index is 0.120. The van der Waals surface area contributed by atoms with Crippen LogP contribution < -0.4 is 10.6 Å². The zero-order valence-electron chi connectivity index (χ0n) is 10.7. The molecule has 1 heterocycles. The number of amides is 2. The van der Waals surface area contributed by atoms with Crippen LogP contribution in [0, 0.1) is 6.92 Å². The Morgan fingerprint density at radius 2 is 1.63 bits per heavy atom. The van der Waals surface area contributed by atoms with Crippen molar-refractivity contribution >= 4 is 34.5 Å². The number of hydrogen-bond donors (Lipinski definition) is 2. The Hall–Kier alpha value is -2.14. The first-order valence-electron chi connectivity index (χ1n) is 5.79. The van der Waals surface area contributed by atoms with Crippen LogP contribution in [-0.4, -0.2) is 11.8 Å². The molecule has 5 heteroatoms. The minimum atomic E-state index is -0.120. The van der Waals surface area contributed by atoms with E-state index in [9.17, 15) is 9.59 Å². The second-order valence-electron chi connectivity index (χ2n) is 4.20. The SMILES string of the molecule is CC(=O)Nc1ccc(NC(=O)c2cc(C)cs2)cc1. The summed E-state index contributed by atoms with van der Waals surface area (Å²) in [5.41, 5.74) is 2.48. The van der Waals surface area contributed by atoms with E-state index in [0.717, 1.165) is 5.56 Å². The maximum Gasteiger partial charge on any atom is 0.265 e. The van der Waals surface area contributed by atoms with Gasteiger partial charge in [-0.25, -0.2) is 0 Å². The Labute approximate surface area is 115 Å². The van der Waals surface area contributed by atoms with Gasteiger partial charge in [0.25, 0.3) is 5.91 Å². The molecule has 0 aliphatic heterocycles. The lowest BCUT2D eigenvalue weighted by Crippen LogP contribution is -2.10. The molecule has 2 aromatic rings. The third-order valence-corrected chi connectivity index (χ3v) is 3.46. The van der Waals surface area contributed by atoms with Crippen molar-refractivity contribution in [2.75, 3.05) is 10.6 Å². The van der Waals surface area contributed by atoms with Crippen LogP contribution in [0.1, 0.15) is 22.2 Å². The summed E-state index contributed by atoms with van der Waals surface area (Å²) in [5.74, 6) is -0.240. The van der Waals surface area contributed by atoms with Crippen LogP contribution in [0.4, 0.5) is 11.4 Å². The van der Waals surface area contributed by atoms with Crippen molar-refractivity contribution in [1.29, 1.82) is 0 Å². The standard InChI is InChI=1S/C14H14N2O2S/c1-9-7-13(19-8-9)14(18)16-12-5-3-11(4-6-12)15-10(2)17/h3-8H,1-2H3,(H,15,17)(H,16,18). The van der Waals surface area contributed by atoms with Crippen molar-refractivity contribution < 1.29 is 9.59 Å². The topological polar surface area (TPSA) is 58.2 Å². The predicted octanol–water partition coefficient (Wildman–Crippen LogP) is 3.27. The molecular weight excluding hydrogens is 260 g/mol. The van der Waals surface area contributed by atoms with Crippen LogP contribution >= 0.6 is 11.3 Å². The highest BCUT2D eigenvalue weighted by molar-refractivity contribution is 7.12. The lowest BCUT2D eigenvalue weighted by atomic mass is 10.2. The van der Waals surface area contributed by atoms with Gasteiger partial charge in [0.15, 0.2) is 0 Å². The van der Waals surface area contributed by atoms with Gasteiger partial charge in [-0.15, -0.1) is 11.3 Å². The first kappa shape index (κ1) is 13.3. The van der Waals surface area contributed by atoms with Gasteiger partial charge >= 0.3 is 0 Å². The summed E-state index contributed by atoms with van der Waals surface area (Å²) in [5, 5.41) is 7.42. The Kier molecular flexibility index (Phi) is 3.97. The quantitative estimate of drug-likeness (QED) is 0.902. The average molecular weight is 274 g/mol. The van der Waals surface area contributed by atoms with E-state index in [-0.39, 0.29) is 11.8 Å².